The molecule has 0 atom stereocenters. The highest BCUT2D eigenvalue weighted by molar-refractivity contribution is 6.15. The van der Waals surface area contributed by atoms with Gasteiger partial charge in [-0.1, -0.05) is 97.1 Å². The van der Waals surface area contributed by atoms with E-state index in [-0.39, 0.29) is 0 Å². The van der Waals surface area contributed by atoms with Crippen LogP contribution in [0.4, 0.5) is 17.1 Å². The smallest absolute Gasteiger partial charge is 0.143 e. The first-order valence-corrected chi connectivity index (χ1v) is 17.5. The van der Waals surface area contributed by atoms with E-state index in [0.29, 0.717) is 0 Å². The van der Waals surface area contributed by atoms with E-state index in [1.54, 1.807) is 0 Å². The van der Waals surface area contributed by atoms with Crippen LogP contribution in [0.5, 0.6) is 0 Å². The van der Waals surface area contributed by atoms with Crippen LogP contribution in [0.25, 0.3) is 88.1 Å². The first-order valence-electron chi connectivity index (χ1n) is 17.5. The second-order valence-corrected chi connectivity index (χ2v) is 13.3. The molecule has 11 rings (SSSR count). The SMILES string of the molecule is c1ccc(N(c2ccccc2)c2ccc3oc4c(-c5ccc6oc7cc(-c8cccc9oc%10ccccc%10c89)ccc7c6c5)cccc4c3c2)cc1. The van der Waals surface area contributed by atoms with Crippen LogP contribution in [0, 0.1) is 0 Å². The number of hydrogen-bond acceptors (Lipinski definition) is 4. The van der Waals surface area contributed by atoms with Crippen molar-refractivity contribution in [2.45, 2.75) is 0 Å². The minimum atomic E-state index is 0.852. The number of nitrogens with zero attached hydrogens (tertiary/aromatic N) is 1. The van der Waals surface area contributed by atoms with Crippen LogP contribution in [0.2, 0.25) is 0 Å². The molecule has 3 aromatic heterocycles. The van der Waals surface area contributed by atoms with E-state index < -0.39 is 0 Å². The molecule has 11 aromatic rings. The molecular formula is C48H29NO3. The molecule has 0 aliphatic heterocycles. The number of rotatable bonds is 5. The Bertz CT molecular complexity index is 3090. The molecule has 0 radical (unpaired) electrons. The molecule has 8 aromatic carbocycles. The molecule has 52 heavy (non-hydrogen) atoms. The van der Waals surface area contributed by atoms with Gasteiger partial charge in [-0.15, -0.1) is 0 Å². The summed E-state index contributed by atoms with van der Waals surface area (Å²) >= 11 is 0. The number of furan rings is 3. The van der Waals surface area contributed by atoms with Crippen LogP contribution >= 0.6 is 0 Å². The summed E-state index contributed by atoms with van der Waals surface area (Å²) in [6.45, 7) is 0. The lowest BCUT2D eigenvalue weighted by molar-refractivity contribution is 0.668. The molecule has 0 saturated heterocycles. The van der Waals surface area contributed by atoms with Crippen molar-refractivity contribution in [3.8, 4) is 22.3 Å². The van der Waals surface area contributed by atoms with Crippen molar-refractivity contribution in [3.63, 3.8) is 0 Å². The van der Waals surface area contributed by atoms with Gasteiger partial charge < -0.3 is 18.2 Å². The number of hydrogen-bond donors (Lipinski definition) is 0. The highest BCUT2D eigenvalue weighted by Crippen LogP contribution is 2.43. The van der Waals surface area contributed by atoms with Crippen molar-refractivity contribution in [3.05, 3.63) is 176 Å². The van der Waals surface area contributed by atoms with Gasteiger partial charge in [0, 0.05) is 54.9 Å². The van der Waals surface area contributed by atoms with Crippen LogP contribution in [0.1, 0.15) is 0 Å². The Morgan fingerprint density at radius 3 is 1.75 bits per heavy atom. The molecule has 0 saturated carbocycles. The normalized spacial score (nSPS) is 11.8. The maximum Gasteiger partial charge on any atom is 0.143 e. The number of benzene rings is 8. The van der Waals surface area contributed by atoms with Crippen molar-refractivity contribution in [1.82, 2.24) is 0 Å². The van der Waals surface area contributed by atoms with Gasteiger partial charge in [-0.25, -0.2) is 0 Å². The highest BCUT2D eigenvalue weighted by atomic mass is 16.3. The maximum atomic E-state index is 6.64. The summed E-state index contributed by atoms with van der Waals surface area (Å²) in [4.78, 5) is 2.28. The predicted molar refractivity (Wildman–Crippen MR) is 214 cm³/mol. The lowest BCUT2D eigenvalue weighted by Gasteiger charge is -2.25. The number of fused-ring (bicyclic) bond motifs is 9. The average Bonchev–Trinajstić information content (AvgIpc) is 3.89. The zero-order valence-electron chi connectivity index (χ0n) is 27.9. The Balaban J connectivity index is 1.02. The molecule has 0 fully saturated rings. The van der Waals surface area contributed by atoms with Gasteiger partial charge in [-0.2, -0.15) is 0 Å². The molecule has 244 valence electrons. The van der Waals surface area contributed by atoms with Gasteiger partial charge in [0.15, 0.2) is 0 Å². The van der Waals surface area contributed by atoms with E-state index >= 15 is 0 Å². The van der Waals surface area contributed by atoms with Crippen LogP contribution in [0.15, 0.2) is 189 Å². The van der Waals surface area contributed by atoms with E-state index in [0.717, 1.165) is 105 Å². The first kappa shape index (κ1) is 28.8. The molecule has 0 amide bonds. The Morgan fingerprint density at radius 1 is 0.308 bits per heavy atom. The van der Waals surface area contributed by atoms with Crippen molar-refractivity contribution < 1.29 is 13.3 Å². The molecule has 4 nitrogen and oxygen atoms in total. The van der Waals surface area contributed by atoms with Crippen molar-refractivity contribution in [1.29, 1.82) is 0 Å². The summed E-state index contributed by atoms with van der Waals surface area (Å²) in [6.07, 6.45) is 0. The van der Waals surface area contributed by atoms with Crippen molar-refractivity contribution >= 4 is 82.9 Å². The monoisotopic (exact) mass is 667 g/mol. The van der Waals surface area contributed by atoms with E-state index in [2.05, 4.69) is 150 Å². The van der Waals surface area contributed by atoms with Crippen LogP contribution in [0.3, 0.4) is 0 Å². The largest absolute Gasteiger partial charge is 0.456 e. The van der Waals surface area contributed by atoms with Gasteiger partial charge in [0.05, 0.1) is 0 Å². The second-order valence-electron chi connectivity index (χ2n) is 13.3. The lowest BCUT2D eigenvalue weighted by Crippen LogP contribution is -2.09. The van der Waals surface area contributed by atoms with E-state index in [9.17, 15) is 0 Å². The van der Waals surface area contributed by atoms with Gasteiger partial charge in [0.2, 0.25) is 0 Å². The molecule has 4 heteroatoms. The molecule has 0 spiro atoms. The minimum absolute atomic E-state index is 0.852. The summed E-state index contributed by atoms with van der Waals surface area (Å²) in [5.41, 5.74) is 12.8. The molecule has 3 heterocycles. The Kier molecular flexibility index (Phi) is 6.22. The summed E-state index contributed by atoms with van der Waals surface area (Å²) in [5.74, 6) is 0. The molecule has 0 unspecified atom stereocenters. The zero-order valence-corrected chi connectivity index (χ0v) is 27.9. The van der Waals surface area contributed by atoms with Gasteiger partial charge in [-0.3, -0.25) is 0 Å². The number of para-hydroxylation sites is 4. The molecule has 0 N–H and O–H groups in total. The Hall–Kier alpha value is -7.04. The zero-order chi connectivity index (χ0) is 34.2. The van der Waals surface area contributed by atoms with E-state index in [1.807, 2.05) is 30.3 Å². The lowest BCUT2D eigenvalue weighted by atomic mass is 9.97. The van der Waals surface area contributed by atoms with Gasteiger partial charge in [-0.05, 0) is 95.6 Å². The van der Waals surface area contributed by atoms with Crippen molar-refractivity contribution in [2.75, 3.05) is 4.90 Å². The quantitative estimate of drug-likeness (QED) is 0.183. The Labute approximate surface area is 298 Å². The fraction of sp³-hybridized carbons (Fsp3) is 0. The molecular weight excluding hydrogens is 639 g/mol. The third-order valence-corrected chi connectivity index (χ3v) is 10.3. The minimum Gasteiger partial charge on any atom is -0.456 e. The van der Waals surface area contributed by atoms with E-state index in [4.69, 9.17) is 13.3 Å². The topological polar surface area (TPSA) is 42.7 Å². The standard InChI is InChI=1S/C48H29NO3/c1-3-11-32(12-4-1)49(33-13-5-2-6-14-33)34-23-26-44-41(29-34)38-18-9-17-36(48(38)52-44)30-22-25-43-40(27-30)37-24-21-31(28-46(37)51-43)35-16-10-20-45-47(35)39-15-7-8-19-42(39)50-45/h1-29H. The molecule has 0 aliphatic rings. The van der Waals surface area contributed by atoms with Gasteiger partial charge in [0.1, 0.15) is 33.5 Å². The van der Waals surface area contributed by atoms with Crippen LogP contribution in [-0.4, -0.2) is 0 Å². The third-order valence-electron chi connectivity index (χ3n) is 10.3. The molecule has 0 bridgehead atoms. The van der Waals surface area contributed by atoms with Crippen LogP contribution < -0.4 is 4.90 Å². The average molecular weight is 668 g/mol. The maximum absolute atomic E-state index is 6.64. The van der Waals surface area contributed by atoms with Gasteiger partial charge in [0.25, 0.3) is 0 Å². The predicted octanol–water partition coefficient (Wildman–Crippen LogP) is 14.2. The number of anilines is 3. The molecule has 0 aliphatic carbocycles. The summed E-state index contributed by atoms with van der Waals surface area (Å²) in [6, 6.07) is 61.2. The van der Waals surface area contributed by atoms with Crippen LogP contribution in [-0.2, 0) is 0 Å². The summed E-state index contributed by atoms with van der Waals surface area (Å²) in [7, 11) is 0. The Morgan fingerprint density at radius 2 is 0.904 bits per heavy atom. The third kappa shape index (κ3) is 4.41. The van der Waals surface area contributed by atoms with Crippen molar-refractivity contribution in [2.24, 2.45) is 0 Å². The second kappa shape index (κ2) is 11.2. The fourth-order valence-electron chi connectivity index (χ4n) is 7.88. The summed E-state index contributed by atoms with van der Waals surface area (Å²) < 4.78 is 19.3. The van der Waals surface area contributed by atoms with Gasteiger partial charge >= 0.3 is 0 Å². The fourth-order valence-corrected chi connectivity index (χ4v) is 7.88. The summed E-state index contributed by atoms with van der Waals surface area (Å²) in [5, 5.41) is 6.54. The first-order chi connectivity index (χ1) is 25.8. The van der Waals surface area contributed by atoms with E-state index in [1.165, 1.54) is 0 Å². The highest BCUT2D eigenvalue weighted by Gasteiger charge is 2.19.